The molecule has 3 nitrogen and oxygen atoms in total. The van der Waals surface area contributed by atoms with Gasteiger partial charge in [-0.05, 0) is 11.6 Å². The normalized spacial score (nSPS) is 10.2. The van der Waals surface area contributed by atoms with Crippen molar-refractivity contribution in [2.45, 2.75) is 6.42 Å². The first-order chi connectivity index (χ1) is 6.33. The molecule has 2 aromatic rings. The van der Waals surface area contributed by atoms with Crippen LogP contribution in [0.25, 0.3) is 11.0 Å². The molecule has 0 aliphatic rings. The number of hydrogen-bond acceptors (Lipinski definition) is 2. The van der Waals surface area contributed by atoms with E-state index in [2.05, 4.69) is 16.0 Å². The van der Waals surface area contributed by atoms with Crippen molar-refractivity contribution in [3.63, 3.8) is 0 Å². The summed E-state index contributed by atoms with van der Waals surface area (Å²) in [4.78, 5) is 7.05. The maximum Gasteiger partial charge on any atom is 0.137 e. The molecule has 4 heteroatoms. The van der Waals surface area contributed by atoms with E-state index in [4.69, 9.17) is 16.9 Å². The highest BCUT2D eigenvalue weighted by molar-refractivity contribution is 6.32. The second kappa shape index (κ2) is 3.08. The van der Waals surface area contributed by atoms with Crippen LogP contribution in [0.15, 0.2) is 18.5 Å². The number of nitriles is 1. The summed E-state index contributed by atoms with van der Waals surface area (Å²) in [6, 6.07) is 3.96. The largest absolute Gasteiger partial charge is 0.346 e. The zero-order valence-corrected chi connectivity index (χ0v) is 7.47. The summed E-state index contributed by atoms with van der Waals surface area (Å²) in [6.07, 6.45) is 3.66. The van der Waals surface area contributed by atoms with Crippen LogP contribution < -0.4 is 0 Å². The number of pyridine rings is 1. The molecular weight excluding hydrogens is 186 g/mol. The molecule has 0 radical (unpaired) electrons. The molecule has 0 amide bonds. The second-order valence-corrected chi connectivity index (χ2v) is 3.07. The molecular formula is C9H6ClN3. The molecule has 64 valence electrons. The van der Waals surface area contributed by atoms with Gasteiger partial charge in [-0.25, -0.2) is 4.98 Å². The Hall–Kier alpha value is -1.53. The van der Waals surface area contributed by atoms with Crippen LogP contribution in [0, 0.1) is 11.3 Å². The molecule has 0 unspecified atom stereocenters. The molecule has 0 atom stereocenters. The molecule has 2 heterocycles. The van der Waals surface area contributed by atoms with E-state index in [1.807, 2.05) is 6.07 Å². The summed E-state index contributed by atoms with van der Waals surface area (Å²) >= 11 is 5.91. The van der Waals surface area contributed by atoms with E-state index in [0.29, 0.717) is 11.4 Å². The molecule has 0 fully saturated rings. The van der Waals surface area contributed by atoms with Crippen molar-refractivity contribution < 1.29 is 0 Å². The molecule has 1 N–H and O–H groups in total. The Kier molecular flexibility index (Phi) is 1.91. The molecule has 0 saturated carbocycles. The maximum absolute atomic E-state index is 8.60. The highest BCUT2D eigenvalue weighted by atomic mass is 35.5. The number of nitrogens with zero attached hydrogens (tertiary/aromatic N) is 2. The first kappa shape index (κ1) is 8.09. The quantitative estimate of drug-likeness (QED) is 0.752. The number of fused-ring (bicyclic) bond motifs is 1. The SMILES string of the molecule is N#CCc1c(Cl)cnc2[nH]ccc12. The lowest BCUT2D eigenvalue weighted by atomic mass is 10.1. The first-order valence-corrected chi connectivity index (χ1v) is 4.18. The van der Waals surface area contributed by atoms with E-state index in [-0.39, 0.29) is 0 Å². The summed E-state index contributed by atoms with van der Waals surface area (Å²) in [5, 5.41) is 10.1. The zero-order chi connectivity index (χ0) is 9.26. The van der Waals surface area contributed by atoms with Gasteiger partial charge in [0.15, 0.2) is 0 Å². The third-order valence-electron chi connectivity index (χ3n) is 1.90. The van der Waals surface area contributed by atoms with Crippen LogP contribution in [0.3, 0.4) is 0 Å². The molecule has 13 heavy (non-hydrogen) atoms. The van der Waals surface area contributed by atoms with Gasteiger partial charge in [0.05, 0.1) is 17.5 Å². The molecule has 0 spiro atoms. The second-order valence-electron chi connectivity index (χ2n) is 2.66. The number of aromatic amines is 1. The first-order valence-electron chi connectivity index (χ1n) is 3.80. The van der Waals surface area contributed by atoms with Crippen LogP contribution in [0.2, 0.25) is 5.02 Å². The standard InChI is InChI=1S/C9H6ClN3/c10-8-5-13-9-7(2-4-12-9)6(8)1-3-11/h2,4-5H,1H2,(H,12,13). The average Bonchev–Trinajstić information content (AvgIpc) is 2.58. The van der Waals surface area contributed by atoms with Crippen molar-refractivity contribution in [2.75, 3.05) is 0 Å². The predicted molar refractivity (Wildman–Crippen MR) is 50.4 cm³/mol. The van der Waals surface area contributed by atoms with Gasteiger partial charge in [0.25, 0.3) is 0 Å². The number of rotatable bonds is 1. The summed E-state index contributed by atoms with van der Waals surface area (Å²) in [6.45, 7) is 0. The Morgan fingerprint density at radius 2 is 2.46 bits per heavy atom. The summed E-state index contributed by atoms with van der Waals surface area (Å²) in [7, 11) is 0. The van der Waals surface area contributed by atoms with Gasteiger partial charge >= 0.3 is 0 Å². The van der Waals surface area contributed by atoms with Gasteiger partial charge in [-0.15, -0.1) is 0 Å². The molecule has 2 aromatic heterocycles. The van der Waals surface area contributed by atoms with E-state index in [9.17, 15) is 0 Å². The van der Waals surface area contributed by atoms with Crippen LogP contribution in [-0.2, 0) is 6.42 Å². The third-order valence-corrected chi connectivity index (χ3v) is 2.23. The highest BCUT2D eigenvalue weighted by Crippen LogP contribution is 2.23. The number of nitrogens with one attached hydrogen (secondary N) is 1. The smallest absolute Gasteiger partial charge is 0.137 e. The molecule has 0 aliphatic carbocycles. The Balaban J connectivity index is 2.74. The van der Waals surface area contributed by atoms with Crippen molar-refractivity contribution in [1.29, 1.82) is 5.26 Å². The minimum Gasteiger partial charge on any atom is -0.346 e. The minimum absolute atomic E-state index is 0.315. The van der Waals surface area contributed by atoms with Gasteiger partial charge in [-0.1, -0.05) is 11.6 Å². The summed E-state index contributed by atoms with van der Waals surface area (Å²) in [5.41, 5.74) is 1.62. The molecule has 2 rings (SSSR count). The van der Waals surface area contributed by atoms with Gasteiger partial charge in [-0.2, -0.15) is 5.26 Å². The van der Waals surface area contributed by atoms with E-state index in [1.54, 1.807) is 12.4 Å². The van der Waals surface area contributed by atoms with Gasteiger partial charge < -0.3 is 4.98 Å². The van der Waals surface area contributed by atoms with Gasteiger partial charge in [0.1, 0.15) is 5.65 Å². The fourth-order valence-electron chi connectivity index (χ4n) is 1.30. The zero-order valence-electron chi connectivity index (χ0n) is 6.71. The van der Waals surface area contributed by atoms with Gasteiger partial charge in [0.2, 0.25) is 0 Å². The molecule has 0 aliphatic heterocycles. The minimum atomic E-state index is 0.315. The van der Waals surface area contributed by atoms with E-state index in [0.717, 1.165) is 16.6 Å². The van der Waals surface area contributed by atoms with Crippen LogP contribution in [0.5, 0.6) is 0 Å². The molecule has 0 saturated heterocycles. The van der Waals surface area contributed by atoms with Gasteiger partial charge in [0, 0.05) is 17.8 Å². The fraction of sp³-hybridized carbons (Fsp3) is 0.111. The van der Waals surface area contributed by atoms with E-state index < -0.39 is 0 Å². The Morgan fingerprint density at radius 1 is 1.62 bits per heavy atom. The molecule has 0 bridgehead atoms. The Morgan fingerprint density at radius 3 is 3.23 bits per heavy atom. The summed E-state index contributed by atoms with van der Waals surface area (Å²) < 4.78 is 0. The monoisotopic (exact) mass is 191 g/mol. The Labute approximate surface area is 80.0 Å². The van der Waals surface area contributed by atoms with Crippen LogP contribution in [0.4, 0.5) is 0 Å². The number of hydrogen-bond donors (Lipinski definition) is 1. The highest BCUT2D eigenvalue weighted by Gasteiger charge is 2.06. The van der Waals surface area contributed by atoms with Crippen LogP contribution in [-0.4, -0.2) is 9.97 Å². The lowest BCUT2D eigenvalue weighted by Gasteiger charge is -1.99. The van der Waals surface area contributed by atoms with Crippen molar-refractivity contribution in [3.8, 4) is 6.07 Å². The number of aromatic nitrogens is 2. The third kappa shape index (κ3) is 1.25. The predicted octanol–water partition coefficient (Wildman–Crippen LogP) is 2.28. The Bertz CT molecular complexity index is 481. The fourth-order valence-corrected chi connectivity index (χ4v) is 1.51. The summed E-state index contributed by atoms with van der Waals surface area (Å²) in [5.74, 6) is 0. The maximum atomic E-state index is 8.60. The molecule has 0 aromatic carbocycles. The lowest BCUT2D eigenvalue weighted by molar-refractivity contribution is 1.25. The van der Waals surface area contributed by atoms with E-state index in [1.165, 1.54) is 0 Å². The van der Waals surface area contributed by atoms with Crippen LogP contribution in [0.1, 0.15) is 5.56 Å². The lowest BCUT2D eigenvalue weighted by Crippen LogP contribution is -1.87. The average molecular weight is 192 g/mol. The van der Waals surface area contributed by atoms with Crippen molar-refractivity contribution in [3.05, 3.63) is 29.0 Å². The van der Waals surface area contributed by atoms with Crippen molar-refractivity contribution in [2.24, 2.45) is 0 Å². The van der Waals surface area contributed by atoms with Gasteiger partial charge in [-0.3, -0.25) is 0 Å². The topological polar surface area (TPSA) is 52.5 Å². The van der Waals surface area contributed by atoms with Crippen molar-refractivity contribution in [1.82, 2.24) is 9.97 Å². The number of halogens is 1. The van der Waals surface area contributed by atoms with Crippen molar-refractivity contribution >= 4 is 22.6 Å². The number of H-pyrrole nitrogens is 1. The van der Waals surface area contributed by atoms with Crippen LogP contribution >= 0.6 is 11.6 Å². The van der Waals surface area contributed by atoms with E-state index >= 15 is 0 Å².